The first-order chi connectivity index (χ1) is 10.0. The number of anilines is 1. The standard InChI is InChI=1S/C14H18N6O/c1-8-10(9(2)19(3)18-8)7-20-13-11(16-14(20)15)5-6-12(17-13)21-4/h5-6H,7H2,1-4H3,(H2,15,16). The topological polar surface area (TPSA) is 83.8 Å². The van der Waals surface area contributed by atoms with Gasteiger partial charge in [-0.25, -0.2) is 4.98 Å². The zero-order valence-corrected chi connectivity index (χ0v) is 12.6. The minimum atomic E-state index is 0.438. The van der Waals surface area contributed by atoms with Gasteiger partial charge in [0.2, 0.25) is 11.8 Å². The highest BCUT2D eigenvalue weighted by molar-refractivity contribution is 5.75. The van der Waals surface area contributed by atoms with Crippen LogP contribution in [0, 0.1) is 13.8 Å². The predicted octanol–water partition coefficient (Wildman–Crippen LogP) is 1.42. The summed E-state index contributed by atoms with van der Waals surface area (Å²) in [5.74, 6) is 0.983. The Morgan fingerprint density at radius 1 is 1.24 bits per heavy atom. The second kappa shape index (κ2) is 4.76. The molecule has 0 aromatic carbocycles. The summed E-state index contributed by atoms with van der Waals surface area (Å²) in [5, 5.41) is 4.43. The molecule has 0 radical (unpaired) electrons. The summed E-state index contributed by atoms with van der Waals surface area (Å²) in [4.78, 5) is 8.79. The number of nitrogen functional groups attached to an aromatic ring is 1. The normalized spacial score (nSPS) is 11.2. The van der Waals surface area contributed by atoms with Crippen molar-refractivity contribution in [3.63, 3.8) is 0 Å². The number of nitrogens with zero attached hydrogens (tertiary/aromatic N) is 5. The van der Waals surface area contributed by atoms with Gasteiger partial charge in [0.05, 0.1) is 19.3 Å². The van der Waals surface area contributed by atoms with Crippen LogP contribution in [0.1, 0.15) is 17.0 Å². The van der Waals surface area contributed by atoms with E-state index in [0.29, 0.717) is 18.4 Å². The Morgan fingerprint density at radius 3 is 2.62 bits per heavy atom. The zero-order valence-electron chi connectivity index (χ0n) is 12.6. The van der Waals surface area contributed by atoms with E-state index in [1.54, 1.807) is 13.2 Å². The summed E-state index contributed by atoms with van der Waals surface area (Å²) in [6.07, 6.45) is 0. The van der Waals surface area contributed by atoms with Gasteiger partial charge in [0.1, 0.15) is 5.52 Å². The first-order valence-electron chi connectivity index (χ1n) is 6.67. The summed E-state index contributed by atoms with van der Waals surface area (Å²) in [5.41, 5.74) is 10.7. The van der Waals surface area contributed by atoms with E-state index in [1.807, 2.05) is 36.2 Å². The molecule has 0 fully saturated rings. The van der Waals surface area contributed by atoms with Crippen LogP contribution in [0.2, 0.25) is 0 Å². The number of rotatable bonds is 3. The molecule has 3 aromatic rings. The van der Waals surface area contributed by atoms with E-state index < -0.39 is 0 Å². The van der Waals surface area contributed by atoms with Crippen LogP contribution in [0.3, 0.4) is 0 Å². The molecule has 0 amide bonds. The molecule has 0 saturated heterocycles. The predicted molar refractivity (Wildman–Crippen MR) is 80.3 cm³/mol. The van der Waals surface area contributed by atoms with Crippen molar-refractivity contribution in [3.8, 4) is 5.88 Å². The van der Waals surface area contributed by atoms with Crippen LogP contribution < -0.4 is 10.5 Å². The van der Waals surface area contributed by atoms with Gasteiger partial charge in [0.25, 0.3) is 0 Å². The Kier molecular flexibility index (Phi) is 3.04. The van der Waals surface area contributed by atoms with Crippen molar-refractivity contribution >= 4 is 17.1 Å². The van der Waals surface area contributed by atoms with Gasteiger partial charge in [-0.05, 0) is 19.9 Å². The van der Waals surface area contributed by atoms with Crippen molar-refractivity contribution in [1.82, 2.24) is 24.3 Å². The van der Waals surface area contributed by atoms with Crippen molar-refractivity contribution in [1.29, 1.82) is 0 Å². The largest absolute Gasteiger partial charge is 0.481 e. The molecule has 0 aliphatic rings. The van der Waals surface area contributed by atoms with Crippen molar-refractivity contribution in [2.75, 3.05) is 12.8 Å². The van der Waals surface area contributed by atoms with E-state index in [9.17, 15) is 0 Å². The van der Waals surface area contributed by atoms with Gasteiger partial charge in [-0.15, -0.1) is 0 Å². The maximum absolute atomic E-state index is 6.04. The molecule has 3 heterocycles. The molecule has 0 bridgehead atoms. The highest BCUT2D eigenvalue weighted by Crippen LogP contribution is 2.22. The van der Waals surface area contributed by atoms with Gasteiger partial charge in [0.15, 0.2) is 5.65 Å². The molecular formula is C14H18N6O. The fourth-order valence-electron chi connectivity index (χ4n) is 2.48. The quantitative estimate of drug-likeness (QED) is 0.787. The summed E-state index contributed by atoms with van der Waals surface area (Å²) < 4.78 is 8.93. The third-order valence-corrected chi connectivity index (χ3v) is 3.78. The minimum absolute atomic E-state index is 0.438. The molecule has 21 heavy (non-hydrogen) atoms. The van der Waals surface area contributed by atoms with E-state index in [4.69, 9.17) is 10.5 Å². The third kappa shape index (κ3) is 2.10. The number of hydrogen-bond acceptors (Lipinski definition) is 5. The number of imidazole rings is 1. The summed E-state index contributed by atoms with van der Waals surface area (Å²) in [6, 6.07) is 3.64. The lowest BCUT2D eigenvalue weighted by atomic mass is 10.2. The van der Waals surface area contributed by atoms with E-state index >= 15 is 0 Å². The fraction of sp³-hybridized carbons (Fsp3) is 0.357. The maximum Gasteiger partial charge on any atom is 0.215 e. The number of ether oxygens (including phenoxy) is 1. The van der Waals surface area contributed by atoms with Gasteiger partial charge in [-0.1, -0.05) is 0 Å². The number of pyridine rings is 1. The lowest BCUT2D eigenvalue weighted by Crippen LogP contribution is -2.07. The monoisotopic (exact) mass is 286 g/mol. The molecule has 0 aliphatic carbocycles. The molecular weight excluding hydrogens is 268 g/mol. The molecule has 0 spiro atoms. The van der Waals surface area contributed by atoms with Gasteiger partial charge in [-0.3, -0.25) is 9.25 Å². The average Bonchev–Trinajstić information content (AvgIpc) is 2.89. The van der Waals surface area contributed by atoms with Gasteiger partial charge in [0, 0.05) is 24.4 Å². The van der Waals surface area contributed by atoms with Crippen molar-refractivity contribution in [2.45, 2.75) is 20.4 Å². The lowest BCUT2D eigenvalue weighted by Gasteiger charge is -2.07. The van der Waals surface area contributed by atoms with E-state index in [2.05, 4.69) is 15.1 Å². The van der Waals surface area contributed by atoms with Crippen molar-refractivity contribution < 1.29 is 4.74 Å². The number of methoxy groups -OCH3 is 1. The van der Waals surface area contributed by atoms with E-state index in [0.717, 1.165) is 28.1 Å². The molecule has 0 aliphatic heterocycles. The Bertz CT molecular complexity index is 817. The smallest absolute Gasteiger partial charge is 0.215 e. The van der Waals surface area contributed by atoms with Crippen LogP contribution in [-0.2, 0) is 13.6 Å². The SMILES string of the molecule is COc1ccc2nc(N)n(Cc3c(C)nn(C)c3C)c2n1. The van der Waals surface area contributed by atoms with Crippen molar-refractivity contribution in [2.24, 2.45) is 7.05 Å². The number of fused-ring (bicyclic) bond motifs is 1. The second-order valence-corrected chi connectivity index (χ2v) is 5.03. The Hall–Kier alpha value is -2.57. The Balaban J connectivity index is 2.13. The fourth-order valence-corrected chi connectivity index (χ4v) is 2.48. The number of aryl methyl sites for hydroxylation is 2. The summed E-state index contributed by atoms with van der Waals surface area (Å²) in [6.45, 7) is 4.62. The highest BCUT2D eigenvalue weighted by atomic mass is 16.5. The van der Waals surface area contributed by atoms with Crippen LogP contribution in [0.15, 0.2) is 12.1 Å². The lowest BCUT2D eigenvalue weighted by molar-refractivity contribution is 0.399. The molecule has 7 nitrogen and oxygen atoms in total. The second-order valence-electron chi connectivity index (χ2n) is 5.03. The van der Waals surface area contributed by atoms with Crippen molar-refractivity contribution in [3.05, 3.63) is 29.1 Å². The van der Waals surface area contributed by atoms with Gasteiger partial charge < -0.3 is 10.5 Å². The minimum Gasteiger partial charge on any atom is -0.481 e. The first kappa shape index (κ1) is 13.4. The number of aromatic nitrogens is 5. The van der Waals surface area contributed by atoms with Crippen LogP contribution in [0.4, 0.5) is 5.95 Å². The molecule has 110 valence electrons. The molecule has 0 atom stereocenters. The number of nitrogens with two attached hydrogens (primary N) is 1. The zero-order chi connectivity index (χ0) is 15.1. The van der Waals surface area contributed by atoms with Gasteiger partial charge in [-0.2, -0.15) is 10.1 Å². The van der Waals surface area contributed by atoms with Crippen LogP contribution >= 0.6 is 0 Å². The van der Waals surface area contributed by atoms with Gasteiger partial charge >= 0.3 is 0 Å². The molecule has 2 N–H and O–H groups in total. The molecule has 0 saturated carbocycles. The average molecular weight is 286 g/mol. The molecule has 7 heteroatoms. The van der Waals surface area contributed by atoms with E-state index in [1.165, 1.54) is 0 Å². The maximum atomic E-state index is 6.04. The summed E-state index contributed by atoms with van der Waals surface area (Å²) in [7, 11) is 3.52. The highest BCUT2D eigenvalue weighted by Gasteiger charge is 2.15. The number of hydrogen-bond donors (Lipinski definition) is 1. The first-order valence-corrected chi connectivity index (χ1v) is 6.67. The molecule has 0 unspecified atom stereocenters. The third-order valence-electron chi connectivity index (χ3n) is 3.78. The molecule has 3 rings (SSSR count). The van der Waals surface area contributed by atoms with E-state index in [-0.39, 0.29) is 0 Å². The Labute approximate surface area is 122 Å². The van der Waals surface area contributed by atoms with Crippen LogP contribution in [-0.4, -0.2) is 31.4 Å². The van der Waals surface area contributed by atoms with Crippen LogP contribution in [0.5, 0.6) is 5.88 Å². The summed E-state index contributed by atoms with van der Waals surface area (Å²) >= 11 is 0. The Morgan fingerprint density at radius 2 is 2.00 bits per heavy atom. The molecule has 3 aromatic heterocycles. The van der Waals surface area contributed by atoms with Crippen LogP contribution in [0.25, 0.3) is 11.2 Å².